The first kappa shape index (κ1) is 15.8. The number of aromatic nitrogens is 6. The minimum atomic E-state index is -0.387. The van der Waals surface area contributed by atoms with E-state index >= 15 is 0 Å². The van der Waals surface area contributed by atoms with Crippen molar-refractivity contribution in [1.82, 2.24) is 30.3 Å². The fraction of sp³-hybridized carbons (Fsp3) is 0.333. The number of aryl methyl sites for hydroxylation is 1. The number of ether oxygens (including phenoxy) is 1. The second-order valence-corrected chi connectivity index (χ2v) is 5.41. The van der Waals surface area contributed by atoms with Gasteiger partial charge in [0.25, 0.3) is 0 Å². The van der Waals surface area contributed by atoms with E-state index in [1.807, 2.05) is 0 Å². The molecule has 0 unspecified atom stereocenters. The molecule has 9 heteroatoms. The Hall–Kier alpha value is -3.10. The molecule has 24 heavy (non-hydrogen) atoms. The molecule has 0 radical (unpaired) electrons. The predicted molar refractivity (Wildman–Crippen MR) is 81.9 cm³/mol. The van der Waals surface area contributed by atoms with E-state index in [-0.39, 0.29) is 18.6 Å². The zero-order valence-electron chi connectivity index (χ0n) is 13.5. The quantitative estimate of drug-likeness (QED) is 0.650. The van der Waals surface area contributed by atoms with E-state index in [0.29, 0.717) is 28.7 Å². The molecule has 0 atom stereocenters. The third kappa shape index (κ3) is 3.62. The van der Waals surface area contributed by atoms with Crippen molar-refractivity contribution in [1.29, 1.82) is 0 Å². The van der Waals surface area contributed by atoms with Gasteiger partial charge < -0.3 is 9.26 Å². The van der Waals surface area contributed by atoms with Crippen molar-refractivity contribution < 1.29 is 14.1 Å². The fourth-order valence-electron chi connectivity index (χ4n) is 2.03. The minimum absolute atomic E-state index is 0.182. The largest absolute Gasteiger partial charge is 0.459 e. The number of carbonyl (C=O) groups is 1. The molecule has 0 aliphatic carbocycles. The molecule has 0 saturated heterocycles. The molecule has 0 bridgehead atoms. The lowest BCUT2D eigenvalue weighted by atomic mass is 10.1. The zero-order chi connectivity index (χ0) is 17.1. The third-order valence-corrected chi connectivity index (χ3v) is 3.00. The molecule has 2 heterocycles. The topological polar surface area (TPSA) is 109 Å². The van der Waals surface area contributed by atoms with Gasteiger partial charge in [-0.25, -0.2) is 4.79 Å². The predicted octanol–water partition coefficient (Wildman–Crippen LogP) is 1.65. The van der Waals surface area contributed by atoms with Crippen molar-refractivity contribution in [2.75, 3.05) is 0 Å². The maximum absolute atomic E-state index is 12.0. The summed E-state index contributed by atoms with van der Waals surface area (Å²) in [4.78, 5) is 17.4. The van der Waals surface area contributed by atoms with Gasteiger partial charge in [0.1, 0.15) is 6.54 Å². The summed E-state index contributed by atoms with van der Waals surface area (Å²) in [6.07, 6.45) is -0.182. The highest BCUT2D eigenvalue weighted by molar-refractivity contribution is 5.90. The van der Waals surface area contributed by atoms with Crippen LogP contribution < -0.4 is 0 Å². The van der Waals surface area contributed by atoms with Gasteiger partial charge in [-0.2, -0.15) is 9.78 Å². The van der Waals surface area contributed by atoms with Crippen molar-refractivity contribution in [3.8, 4) is 11.4 Å². The van der Waals surface area contributed by atoms with E-state index in [9.17, 15) is 4.79 Å². The second-order valence-electron chi connectivity index (χ2n) is 5.41. The molecular weight excluding hydrogens is 312 g/mol. The summed E-state index contributed by atoms with van der Waals surface area (Å²) in [5.41, 5.74) is 1.11. The number of benzene rings is 1. The average Bonchev–Trinajstić information content (AvgIpc) is 3.16. The molecule has 9 nitrogen and oxygen atoms in total. The Labute approximate surface area is 137 Å². The Kier molecular flexibility index (Phi) is 4.32. The number of hydrogen-bond donors (Lipinski definition) is 0. The lowest BCUT2D eigenvalue weighted by Gasteiger charge is -2.08. The van der Waals surface area contributed by atoms with Gasteiger partial charge in [-0.1, -0.05) is 17.3 Å². The van der Waals surface area contributed by atoms with E-state index < -0.39 is 0 Å². The monoisotopic (exact) mass is 328 g/mol. The molecule has 0 aliphatic rings. The van der Waals surface area contributed by atoms with Crippen LogP contribution in [0.25, 0.3) is 11.4 Å². The van der Waals surface area contributed by atoms with Gasteiger partial charge >= 0.3 is 5.97 Å². The zero-order valence-corrected chi connectivity index (χ0v) is 13.5. The summed E-state index contributed by atoms with van der Waals surface area (Å²) in [6.45, 7) is 5.56. The standard InChI is InChI=1S/C15H16N6O3/c1-9(2)23-15(22)12-6-4-5-11(7-12)14-17-20-21(18-14)8-13-16-10(3)24-19-13/h4-7,9H,8H2,1-3H3. The van der Waals surface area contributed by atoms with E-state index in [4.69, 9.17) is 9.26 Å². The van der Waals surface area contributed by atoms with Crippen LogP contribution >= 0.6 is 0 Å². The molecular formula is C15H16N6O3. The van der Waals surface area contributed by atoms with Crippen LogP contribution in [0.5, 0.6) is 0 Å². The SMILES string of the molecule is Cc1nc(Cn2nnc(-c3cccc(C(=O)OC(C)C)c3)n2)no1. The molecule has 0 saturated carbocycles. The molecule has 124 valence electrons. The van der Waals surface area contributed by atoms with Crippen LogP contribution in [0.2, 0.25) is 0 Å². The number of hydrogen-bond acceptors (Lipinski definition) is 8. The molecule has 0 aliphatic heterocycles. The van der Waals surface area contributed by atoms with Gasteiger partial charge in [0, 0.05) is 12.5 Å². The second kappa shape index (κ2) is 6.57. The van der Waals surface area contributed by atoms with Gasteiger partial charge in [-0.15, -0.1) is 10.2 Å². The molecule has 0 N–H and O–H groups in total. The van der Waals surface area contributed by atoms with Gasteiger partial charge in [-0.05, 0) is 31.2 Å². The molecule has 1 aromatic carbocycles. The summed E-state index contributed by atoms with van der Waals surface area (Å²) >= 11 is 0. The smallest absolute Gasteiger partial charge is 0.338 e. The Morgan fingerprint density at radius 2 is 2.21 bits per heavy atom. The molecule has 0 amide bonds. The van der Waals surface area contributed by atoms with Gasteiger partial charge in [0.05, 0.1) is 11.7 Å². The Morgan fingerprint density at radius 3 is 2.92 bits per heavy atom. The van der Waals surface area contributed by atoms with Crippen LogP contribution in [0.15, 0.2) is 28.8 Å². The maximum atomic E-state index is 12.0. The Bertz CT molecular complexity index is 854. The molecule has 2 aromatic heterocycles. The Balaban J connectivity index is 1.78. The van der Waals surface area contributed by atoms with Gasteiger partial charge in [0.15, 0.2) is 5.82 Å². The number of esters is 1. The maximum Gasteiger partial charge on any atom is 0.338 e. The number of tetrazole rings is 1. The van der Waals surface area contributed by atoms with Gasteiger partial charge in [-0.3, -0.25) is 0 Å². The Morgan fingerprint density at radius 1 is 1.38 bits per heavy atom. The normalized spacial score (nSPS) is 11.0. The molecule has 3 aromatic rings. The van der Waals surface area contributed by atoms with E-state index in [1.165, 1.54) is 4.80 Å². The average molecular weight is 328 g/mol. The molecule has 0 fully saturated rings. The van der Waals surface area contributed by atoms with E-state index in [2.05, 4.69) is 25.6 Å². The minimum Gasteiger partial charge on any atom is -0.459 e. The van der Waals surface area contributed by atoms with Gasteiger partial charge in [0.2, 0.25) is 11.7 Å². The highest BCUT2D eigenvalue weighted by Gasteiger charge is 2.13. The lowest BCUT2D eigenvalue weighted by Crippen LogP contribution is -2.11. The number of rotatable bonds is 5. The van der Waals surface area contributed by atoms with E-state index in [1.54, 1.807) is 45.0 Å². The summed E-state index contributed by atoms with van der Waals surface area (Å²) in [5.74, 6) is 0.948. The highest BCUT2D eigenvalue weighted by Crippen LogP contribution is 2.16. The van der Waals surface area contributed by atoms with Crippen molar-refractivity contribution in [2.45, 2.75) is 33.4 Å². The molecule has 0 spiro atoms. The number of carbonyl (C=O) groups excluding carboxylic acids is 1. The van der Waals surface area contributed by atoms with Crippen molar-refractivity contribution in [2.24, 2.45) is 0 Å². The lowest BCUT2D eigenvalue weighted by molar-refractivity contribution is 0.0378. The van der Waals surface area contributed by atoms with Crippen LogP contribution in [-0.2, 0) is 11.3 Å². The first-order valence-electron chi connectivity index (χ1n) is 7.39. The van der Waals surface area contributed by atoms with Crippen molar-refractivity contribution >= 4 is 5.97 Å². The van der Waals surface area contributed by atoms with Crippen molar-refractivity contribution in [3.05, 3.63) is 41.5 Å². The highest BCUT2D eigenvalue weighted by atomic mass is 16.5. The van der Waals surface area contributed by atoms with Crippen LogP contribution in [0.4, 0.5) is 0 Å². The third-order valence-electron chi connectivity index (χ3n) is 3.00. The fourth-order valence-corrected chi connectivity index (χ4v) is 2.03. The van der Waals surface area contributed by atoms with Crippen molar-refractivity contribution in [3.63, 3.8) is 0 Å². The van der Waals surface area contributed by atoms with Crippen LogP contribution in [0.1, 0.15) is 35.9 Å². The summed E-state index contributed by atoms with van der Waals surface area (Å²) in [6, 6.07) is 6.90. The summed E-state index contributed by atoms with van der Waals surface area (Å²) in [5, 5.41) is 16.0. The van der Waals surface area contributed by atoms with Crippen LogP contribution in [-0.4, -0.2) is 42.4 Å². The molecule has 3 rings (SSSR count). The first-order chi connectivity index (χ1) is 11.5. The first-order valence-corrected chi connectivity index (χ1v) is 7.39. The number of nitrogens with zero attached hydrogens (tertiary/aromatic N) is 6. The summed E-state index contributed by atoms with van der Waals surface area (Å²) in [7, 11) is 0. The summed E-state index contributed by atoms with van der Waals surface area (Å²) < 4.78 is 10.1. The van der Waals surface area contributed by atoms with Crippen LogP contribution in [0, 0.1) is 6.92 Å². The van der Waals surface area contributed by atoms with E-state index in [0.717, 1.165) is 0 Å². The van der Waals surface area contributed by atoms with Crippen LogP contribution in [0.3, 0.4) is 0 Å².